The number of benzene rings is 1. The van der Waals surface area contributed by atoms with E-state index in [4.69, 9.17) is 9.15 Å². The van der Waals surface area contributed by atoms with Crippen LogP contribution in [0.4, 0.5) is 4.39 Å². The number of hydrogen-bond acceptors (Lipinski definition) is 3. The van der Waals surface area contributed by atoms with Gasteiger partial charge in [-0.15, -0.1) is 0 Å². The monoisotopic (exact) mass is 250 g/mol. The van der Waals surface area contributed by atoms with Crippen LogP contribution in [0.3, 0.4) is 0 Å². The molecule has 0 spiro atoms. The lowest BCUT2D eigenvalue weighted by Gasteiger charge is -2.10. The van der Waals surface area contributed by atoms with Gasteiger partial charge < -0.3 is 9.15 Å². The SMILES string of the molecule is CCOC(=O)C(CC)c1cc2cccc(F)c2o1. The second-order valence-corrected chi connectivity index (χ2v) is 4.02. The van der Waals surface area contributed by atoms with Crippen molar-refractivity contribution in [3.05, 3.63) is 35.8 Å². The minimum Gasteiger partial charge on any atom is -0.465 e. The highest BCUT2D eigenvalue weighted by molar-refractivity contribution is 5.82. The maximum absolute atomic E-state index is 13.5. The van der Waals surface area contributed by atoms with E-state index in [1.165, 1.54) is 6.07 Å². The highest BCUT2D eigenvalue weighted by Crippen LogP contribution is 2.29. The van der Waals surface area contributed by atoms with Crippen LogP contribution in [-0.4, -0.2) is 12.6 Å². The fraction of sp³-hybridized carbons (Fsp3) is 0.357. The fourth-order valence-corrected chi connectivity index (χ4v) is 1.95. The van der Waals surface area contributed by atoms with Crippen molar-refractivity contribution in [2.75, 3.05) is 6.61 Å². The van der Waals surface area contributed by atoms with E-state index in [1.807, 2.05) is 6.92 Å². The lowest BCUT2D eigenvalue weighted by Crippen LogP contribution is -2.14. The van der Waals surface area contributed by atoms with Crippen LogP contribution in [0.25, 0.3) is 11.0 Å². The van der Waals surface area contributed by atoms with Crippen LogP contribution >= 0.6 is 0 Å². The van der Waals surface area contributed by atoms with E-state index in [1.54, 1.807) is 25.1 Å². The number of halogens is 1. The van der Waals surface area contributed by atoms with Gasteiger partial charge in [-0.2, -0.15) is 0 Å². The molecule has 0 aliphatic rings. The molecule has 0 fully saturated rings. The third-order valence-electron chi connectivity index (χ3n) is 2.84. The van der Waals surface area contributed by atoms with Gasteiger partial charge in [0.1, 0.15) is 11.7 Å². The molecule has 0 N–H and O–H groups in total. The van der Waals surface area contributed by atoms with E-state index in [-0.39, 0.29) is 11.6 Å². The molecule has 0 saturated carbocycles. The largest absolute Gasteiger partial charge is 0.465 e. The highest BCUT2D eigenvalue weighted by atomic mass is 19.1. The number of rotatable bonds is 4. The molecular formula is C14H15FO3. The van der Waals surface area contributed by atoms with Crippen molar-refractivity contribution < 1.29 is 18.3 Å². The average Bonchev–Trinajstić information content (AvgIpc) is 2.75. The Morgan fingerprint density at radius 1 is 1.44 bits per heavy atom. The van der Waals surface area contributed by atoms with Gasteiger partial charge in [-0.3, -0.25) is 4.79 Å². The summed E-state index contributed by atoms with van der Waals surface area (Å²) in [5.41, 5.74) is 0.190. The Kier molecular flexibility index (Phi) is 3.65. The summed E-state index contributed by atoms with van der Waals surface area (Å²) in [6.45, 7) is 3.94. The maximum Gasteiger partial charge on any atom is 0.316 e. The molecule has 1 atom stereocenters. The number of hydrogen-bond donors (Lipinski definition) is 0. The van der Waals surface area contributed by atoms with Crippen molar-refractivity contribution in [3.63, 3.8) is 0 Å². The molecule has 2 aromatic rings. The third-order valence-corrected chi connectivity index (χ3v) is 2.84. The number of furan rings is 1. The van der Waals surface area contributed by atoms with Crippen molar-refractivity contribution >= 4 is 16.9 Å². The first-order chi connectivity index (χ1) is 8.67. The second kappa shape index (κ2) is 5.21. The van der Waals surface area contributed by atoms with Crippen LogP contribution in [-0.2, 0) is 9.53 Å². The van der Waals surface area contributed by atoms with Gasteiger partial charge in [0.05, 0.1) is 6.61 Å². The zero-order valence-corrected chi connectivity index (χ0v) is 10.4. The molecule has 4 heteroatoms. The minimum atomic E-state index is -0.475. The Labute approximate surface area is 105 Å². The maximum atomic E-state index is 13.5. The normalized spacial score (nSPS) is 12.6. The molecule has 0 aliphatic carbocycles. The van der Waals surface area contributed by atoms with Gasteiger partial charge in [0.15, 0.2) is 11.4 Å². The smallest absolute Gasteiger partial charge is 0.316 e. The van der Waals surface area contributed by atoms with Crippen molar-refractivity contribution in [1.82, 2.24) is 0 Å². The van der Waals surface area contributed by atoms with Crippen LogP contribution in [0.15, 0.2) is 28.7 Å². The summed E-state index contributed by atoms with van der Waals surface area (Å²) < 4.78 is 23.9. The van der Waals surface area contributed by atoms with Crippen molar-refractivity contribution in [1.29, 1.82) is 0 Å². The summed E-state index contributed by atoms with van der Waals surface area (Å²) >= 11 is 0. The van der Waals surface area contributed by atoms with Gasteiger partial charge in [-0.25, -0.2) is 4.39 Å². The van der Waals surface area contributed by atoms with E-state index in [2.05, 4.69) is 0 Å². The van der Waals surface area contributed by atoms with Crippen molar-refractivity contribution in [3.8, 4) is 0 Å². The Morgan fingerprint density at radius 3 is 2.83 bits per heavy atom. The Bertz CT molecular complexity index is 559. The van der Waals surface area contributed by atoms with E-state index in [0.717, 1.165) is 0 Å². The lowest BCUT2D eigenvalue weighted by atomic mass is 10.0. The first-order valence-corrected chi connectivity index (χ1v) is 6.02. The summed E-state index contributed by atoms with van der Waals surface area (Å²) in [6, 6.07) is 6.40. The predicted octanol–water partition coefficient (Wildman–Crippen LogP) is 3.63. The number of carbonyl (C=O) groups excluding carboxylic acids is 1. The molecular weight excluding hydrogens is 235 g/mol. The molecule has 0 aliphatic heterocycles. The fourth-order valence-electron chi connectivity index (χ4n) is 1.95. The second-order valence-electron chi connectivity index (χ2n) is 4.02. The predicted molar refractivity (Wildman–Crippen MR) is 65.8 cm³/mol. The molecule has 3 nitrogen and oxygen atoms in total. The molecule has 0 amide bonds. The molecule has 96 valence electrons. The van der Waals surface area contributed by atoms with E-state index < -0.39 is 11.7 Å². The van der Waals surface area contributed by atoms with Crippen LogP contribution in [0.2, 0.25) is 0 Å². The molecule has 1 unspecified atom stereocenters. The molecule has 1 heterocycles. The van der Waals surface area contributed by atoms with Gasteiger partial charge in [0.2, 0.25) is 0 Å². The quantitative estimate of drug-likeness (QED) is 0.778. The summed E-state index contributed by atoms with van der Waals surface area (Å²) in [5.74, 6) is -0.773. The average molecular weight is 250 g/mol. The van der Waals surface area contributed by atoms with Gasteiger partial charge in [0, 0.05) is 5.39 Å². The molecule has 1 aromatic carbocycles. The number of carbonyl (C=O) groups is 1. The first kappa shape index (κ1) is 12.6. The summed E-state index contributed by atoms with van der Waals surface area (Å²) in [5, 5.41) is 0.660. The first-order valence-electron chi connectivity index (χ1n) is 6.02. The van der Waals surface area contributed by atoms with Gasteiger partial charge in [-0.1, -0.05) is 19.1 Å². The molecule has 1 aromatic heterocycles. The standard InChI is InChI=1S/C14H15FO3/c1-3-10(14(16)17-4-2)12-8-9-6-5-7-11(15)13(9)18-12/h5-8,10H,3-4H2,1-2H3. The van der Waals surface area contributed by atoms with Crippen molar-refractivity contribution in [2.24, 2.45) is 0 Å². The van der Waals surface area contributed by atoms with Crippen LogP contribution < -0.4 is 0 Å². The number of para-hydroxylation sites is 1. The number of fused-ring (bicyclic) bond motifs is 1. The van der Waals surface area contributed by atoms with Crippen LogP contribution in [0.5, 0.6) is 0 Å². The van der Waals surface area contributed by atoms with E-state index in [9.17, 15) is 9.18 Å². The van der Waals surface area contributed by atoms with E-state index in [0.29, 0.717) is 24.2 Å². The van der Waals surface area contributed by atoms with Gasteiger partial charge in [-0.05, 0) is 25.5 Å². The summed E-state index contributed by atoms with van der Waals surface area (Å²) in [6.07, 6.45) is 0.556. The zero-order valence-electron chi connectivity index (χ0n) is 10.4. The van der Waals surface area contributed by atoms with Crippen molar-refractivity contribution in [2.45, 2.75) is 26.2 Å². The molecule has 18 heavy (non-hydrogen) atoms. The highest BCUT2D eigenvalue weighted by Gasteiger charge is 2.24. The van der Waals surface area contributed by atoms with Crippen LogP contribution in [0.1, 0.15) is 31.9 Å². The van der Waals surface area contributed by atoms with Gasteiger partial charge >= 0.3 is 5.97 Å². The van der Waals surface area contributed by atoms with Gasteiger partial charge in [0.25, 0.3) is 0 Å². The lowest BCUT2D eigenvalue weighted by molar-refractivity contribution is -0.145. The topological polar surface area (TPSA) is 39.4 Å². The Balaban J connectivity index is 2.40. The Morgan fingerprint density at radius 2 is 2.22 bits per heavy atom. The molecule has 2 rings (SSSR count). The molecule has 0 radical (unpaired) electrons. The number of ether oxygens (including phenoxy) is 1. The van der Waals surface area contributed by atoms with Crippen LogP contribution in [0, 0.1) is 5.82 Å². The zero-order chi connectivity index (χ0) is 13.1. The third kappa shape index (κ3) is 2.23. The minimum absolute atomic E-state index is 0.190. The summed E-state index contributed by atoms with van der Waals surface area (Å²) in [7, 11) is 0. The number of esters is 1. The van der Waals surface area contributed by atoms with E-state index >= 15 is 0 Å². The summed E-state index contributed by atoms with van der Waals surface area (Å²) in [4.78, 5) is 11.8. The molecule has 0 saturated heterocycles. The molecule has 0 bridgehead atoms. The Hall–Kier alpha value is -1.84.